The zero-order valence-electron chi connectivity index (χ0n) is 18.3. The molecule has 2 aromatic rings. The van der Waals surface area contributed by atoms with Crippen LogP contribution >= 0.6 is 34.8 Å². The van der Waals surface area contributed by atoms with Crippen molar-refractivity contribution < 1.29 is 19.2 Å². The molecule has 0 spiro atoms. The van der Waals surface area contributed by atoms with Crippen LogP contribution in [0.1, 0.15) is 52.8 Å². The molecule has 1 aliphatic heterocycles. The second-order valence-electron chi connectivity index (χ2n) is 8.51. The van der Waals surface area contributed by atoms with Gasteiger partial charge in [-0.25, -0.2) is 5.01 Å². The van der Waals surface area contributed by atoms with Gasteiger partial charge >= 0.3 is 0 Å². The minimum atomic E-state index is -1.16. The van der Waals surface area contributed by atoms with Gasteiger partial charge in [0.15, 0.2) is 5.78 Å². The third-order valence-electron chi connectivity index (χ3n) is 6.44. The Kier molecular flexibility index (Phi) is 7.60. The number of Topliss-reactive ketones (excluding diaryl/α,β-unsaturated/α-hetero) is 1. The van der Waals surface area contributed by atoms with E-state index in [0.29, 0.717) is 28.5 Å². The average Bonchev–Trinajstić information content (AvgIpc) is 3.09. The lowest BCUT2D eigenvalue weighted by molar-refractivity contribution is -0.156. The van der Waals surface area contributed by atoms with E-state index in [1.807, 2.05) is 0 Å². The Bertz CT molecular complexity index is 1080. The molecule has 0 bridgehead atoms. The van der Waals surface area contributed by atoms with E-state index in [0.717, 1.165) is 22.9 Å². The number of carbonyl (C=O) groups is 4. The number of alkyl halides is 1. The van der Waals surface area contributed by atoms with Crippen LogP contribution < -0.4 is 0 Å². The lowest BCUT2D eigenvalue weighted by Gasteiger charge is -2.36. The summed E-state index contributed by atoms with van der Waals surface area (Å²) < 4.78 is 0. The largest absolute Gasteiger partial charge is 0.292 e. The third kappa shape index (κ3) is 4.72. The number of imide groups is 1. The molecular weight excluding hydrogens is 499 g/mol. The third-order valence-corrected chi connectivity index (χ3v) is 7.16. The Morgan fingerprint density at radius 2 is 1.32 bits per heavy atom. The van der Waals surface area contributed by atoms with Crippen LogP contribution in [0.4, 0.5) is 0 Å². The predicted molar refractivity (Wildman–Crippen MR) is 130 cm³/mol. The highest BCUT2D eigenvalue weighted by Crippen LogP contribution is 2.40. The number of hydrogen-bond acceptors (Lipinski definition) is 4. The number of halogens is 3. The molecule has 3 amide bonds. The maximum absolute atomic E-state index is 13.8. The first kappa shape index (κ1) is 24.7. The Hall–Kier alpha value is -2.41. The van der Waals surface area contributed by atoms with Gasteiger partial charge in [-0.3, -0.25) is 19.2 Å². The van der Waals surface area contributed by atoms with Crippen molar-refractivity contribution in [3.63, 3.8) is 0 Å². The number of carbonyl (C=O) groups excluding carboxylic acids is 4. The van der Waals surface area contributed by atoms with E-state index in [1.54, 1.807) is 24.3 Å². The van der Waals surface area contributed by atoms with Crippen molar-refractivity contribution in [2.24, 2.45) is 11.8 Å². The molecule has 34 heavy (non-hydrogen) atoms. The van der Waals surface area contributed by atoms with E-state index in [-0.39, 0.29) is 17.9 Å². The highest BCUT2D eigenvalue weighted by molar-refractivity contribution is 6.31. The fraction of sp³-hybridized carbons (Fsp3) is 0.360. The molecule has 1 saturated heterocycles. The minimum absolute atomic E-state index is 0.0392. The van der Waals surface area contributed by atoms with Gasteiger partial charge in [0.05, 0.1) is 11.8 Å². The number of rotatable bonds is 7. The van der Waals surface area contributed by atoms with Gasteiger partial charge < -0.3 is 0 Å². The molecule has 4 rings (SSSR count). The molecule has 2 aliphatic rings. The summed E-state index contributed by atoms with van der Waals surface area (Å²) in [6, 6.07) is 11.2. The average molecular weight is 522 g/mol. The molecule has 0 aromatic heterocycles. The van der Waals surface area contributed by atoms with E-state index in [4.69, 9.17) is 34.8 Å². The van der Waals surface area contributed by atoms with Crippen LogP contribution in [0.2, 0.25) is 10.0 Å². The first-order valence-electron chi connectivity index (χ1n) is 11.2. The number of ketones is 1. The Morgan fingerprint density at radius 3 is 1.79 bits per heavy atom. The van der Waals surface area contributed by atoms with Gasteiger partial charge in [0.25, 0.3) is 17.7 Å². The summed E-state index contributed by atoms with van der Waals surface area (Å²) in [6.07, 6.45) is 2.90. The fourth-order valence-electron chi connectivity index (χ4n) is 4.73. The number of amides is 3. The van der Waals surface area contributed by atoms with Gasteiger partial charge in [0, 0.05) is 27.1 Å². The van der Waals surface area contributed by atoms with Gasteiger partial charge in [0.2, 0.25) is 0 Å². The van der Waals surface area contributed by atoms with E-state index in [1.165, 1.54) is 24.3 Å². The standard InChI is InChI=1S/C25H23Cl3N2O4/c26-14-13-21(22(31)15-5-9-17(27)10-6-15)29(23(32)16-7-11-18(28)12-8-16)30-24(33)19-3-1-2-4-20(19)25(30)34/h5-12,19-21H,1-4,13-14H2/t19-,20-,21+/m1/s1. The topological polar surface area (TPSA) is 74.8 Å². The Morgan fingerprint density at radius 1 is 0.853 bits per heavy atom. The molecule has 1 aliphatic carbocycles. The number of hydrogen-bond donors (Lipinski definition) is 0. The number of benzene rings is 2. The maximum atomic E-state index is 13.8. The van der Waals surface area contributed by atoms with Crippen molar-refractivity contribution in [1.82, 2.24) is 10.0 Å². The minimum Gasteiger partial charge on any atom is -0.292 e. The van der Waals surface area contributed by atoms with Gasteiger partial charge in [0.1, 0.15) is 6.04 Å². The van der Waals surface area contributed by atoms with E-state index >= 15 is 0 Å². The van der Waals surface area contributed by atoms with Crippen LogP contribution in [0.25, 0.3) is 0 Å². The molecule has 1 heterocycles. The summed E-state index contributed by atoms with van der Waals surface area (Å²) in [7, 11) is 0. The quantitative estimate of drug-likeness (QED) is 0.277. The molecule has 9 heteroatoms. The molecular formula is C25H23Cl3N2O4. The monoisotopic (exact) mass is 520 g/mol. The normalized spacial score (nSPS) is 20.7. The van der Waals surface area contributed by atoms with Crippen molar-refractivity contribution in [2.45, 2.75) is 38.1 Å². The van der Waals surface area contributed by atoms with E-state index in [9.17, 15) is 19.2 Å². The zero-order chi connectivity index (χ0) is 24.4. The van der Waals surface area contributed by atoms with Crippen molar-refractivity contribution >= 4 is 58.3 Å². The lowest BCUT2D eigenvalue weighted by Crippen LogP contribution is -2.57. The van der Waals surface area contributed by atoms with Crippen LogP contribution in [0.15, 0.2) is 48.5 Å². The molecule has 178 valence electrons. The fourth-order valence-corrected chi connectivity index (χ4v) is 5.19. The Balaban J connectivity index is 1.80. The van der Waals surface area contributed by atoms with Crippen molar-refractivity contribution in [3.8, 4) is 0 Å². The zero-order valence-corrected chi connectivity index (χ0v) is 20.5. The highest BCUT2D eigenvalue weighted by Gasteiger charge is 2.53. The first-order chi connectivity index (χ1) is 16.3. The number of hydrazine groups is 1. The van der Waals surface area contributed by atoms with Gasteiger partial charge in [-0.2, -0.15) is 5.01 Å². The lowest BCUT2D eigenvalue weighted by atomic mass is 9.81. The molecule has 0 N–H and O–H groups in total. The van der Waals surface area contributed by atoms with Crippen LogP contribution in [0.3, 0.4) is 0 Å². The second kappa shape index (κ2) is 10.5. The smallest absolute Gasteiger partial charge is 0.273 e. The van der Waals surface area contributed by atoms with Gasteiger partial charge in [-0.15, -0.1) is 11.6 Å². The molecule has 1 saturated carbocycles. The van der Waals surface area contributed by atoms with E-state index in [2.05, 4.69) is 0 Å². The summed E-state index contributed by atoms with van der Waals surface area (Å²) in [4.78, 5) is 54.2. The predicted octanol–water partition coefficient (Wildman–Crippen LogP) is 5.41. The number of nitrogens with zero attached hydrogens (tertiary/aromatic N) is 2. The second-order valence-corrected chi connectivity index (χ2v) is 9.76. The summed E-state index contributed by atoms with van der Waals surface area (Å²) in [6.45, 7) is 0. The van der Waals surface area contributed by atoms with Gasteiger partial charge in [-0.1, -0.05) is 36.0 Å². The van der Waals surface area contributed by atoms with Crippen LogP contribution in [0, 0.1) is 11.8 Å². The first-order valence-corrected chi connectivity index (χ1v) is 12.4. The summed E-state index contributed by atoms with van der Waals surface area (Å²) in [5, 5.41) is 2.80. The molecule has 6 nitrogen and oxygen atoms in total. The molecule has 0 unspecified atom stereocenters. The Labute approximate surface area is 212 Å². The van der Waals surface area contributed by atoms with Crippen LogP contribution in [-0.4, -0.2) is 45.4 Å². The highest BCUT2D eigenvalue weighted by atomic mass is 35.5. The molecule has 2 aromatic carbocycles. The molecule has 0 radical (unpaired) electrons. The summed E-state index contributed by atoms with van der Waals surface area (Å²) in [5.41, 5.74) is 0.494. The van der Waals surface area contributed by atoms with Crippen molar-refractivity contribution in [1.29, 1.82) is 0 Å². The summed E-state index contributed by atoms with van der Waals surface area (Å²) in [5.74, 6) is -2.89. The van der Waals surface area contributed by atoms with Gasteiger partial charge in [-0.05, 0) is 67.8 Å². The maximum Gasteiger partial charge on any atom is 0.273 e. The molecule has 3 atom stereocenters. The SMILES string of the molecule is O=C(c1ccc(Cl)cc1)[C@H](CCCl)N(C(=O)c1ccc(Cl)cc1)N1C(=O)[C@@H]2CCCC[C@H]2C1=O. The molecule has 2 fully saturated rings. The van der Waals surface area contributed by atoms with Crippen LogP contribution in [0.5, 0.6) is 0 Å². The summed E-state index contributed by atoms with van der Waals surface area (Å²) >= 11 is 18.0. The van der Waals surface area contributed by atoms with E-state index < -0.39 is 41.4 Å². The van der Waals surface area contributed by atoms with Crippen molar-refractivity contribution in [3.05, 3.63) is 69.7 Å². The van der Waals surface area contributed by atoms with Crippen LogP contribution in [-0.2, 0) is 9.59 Å². The van der Waals surface area contributed by atoms with Crippen molar-refractivity contribution in [2.75, 3.05) is 5.88 Å². The number of fused-ring (bicyclic) bond motifs is 1.